The summed E-state index contributed by atoms with van der Waals surface area (Å²) in [6.07, 6.45) is 6.26. The summed E-state index contributed by atoms with van der Waals surface area (Å²) in [7, 11) is 0. The van der Waals surface area contributed by atoms with Gasteiger partial charge in [-0.3, -0.25) is 0 Å². The standard InChI is InChI=1S/C5H4O3.C4H5N/c6-5(7)4-1-2-8-3-4;1-2-4-5-3-1/h1-3H,(H,6,7);1-5H. The molecule has 0 aromatic carbocycles. The summed E-state index contributed by atoms with van der Waals surface area (Å²) in [5.41, 5.74) is 0.185. The minimum atomic E-state index is -0.959. The molecule has 4 nitrogen and oxygen atoms in total. The molecule has 68 valence electrons. The Kier molecular flexibility index (Phi) is 3.38. The second-order valence-corrected chi connectivity index (χ2v) is 2.20. The van der Waals surface area contributed by atoms with Crippen LogP contribution in [0.15, 0.2) is 47.5 Å². The topological polar surface area (TPSA) is 66.2 Å². The van der Waals surface area contributed by atoms with Gasteiger partial charge in [0.15, 0.2) is 0 Å². The minimum absolute atomic E-state index is 0.185. The van der Waals surface area contributed by atoms with E-state index in [0.717, 1.165) is 0 Å². The number of carboxylic acids is 1. The van der Waals surface area contributed by atoms with Gasteiger partial charge in [0.25, 0.3) is 0 Å². The lowest BCUT2D eigenvalue weighted by Gasteiger charge is -1.77. The number of aromatic amines is 1. The fraction of sp³-hybridized carbons (Fsp3) is 0. The molecule has 0 saturated heterocycles. The Morgan fingerprint density at radius 1 is 1.38 bits per heavy atom. The number of aromatic carboxylic acids is 1. The molecule has 0 aliphatic carbocycles. The molecule has 13 heavy (non-hydrogen) atoms. The van der Waals surface area contributed by atoms with Crippen LogP contribution in [0.2, 0.25) is 0 Å². The van der Waals surface area contributed by atoms with Crippen LogP contribution in [0.4, 0.5) is 0 Å². The molecule has 0 amide bonds. The number of H-pyrrole nitrogens is 1. The number of furan rings is 1. The van der Waals surface area contributed by atoms with Crippen molar-refractivity contribution in [3.63, 3.8) is 0 Å². The second kappa shape index (κ2) is 4.82. The van der Waals surface area contributed by atoms with Crippen LogP contribution in [0.25, 0.3) is 0 Å². The molecular formula is C9H9NO3. The number of nitrogens with one attached hydrogen (secondary N) is 1. The summed E-state index contributed by atoms with van der Waals surface area (Å²) in [6, 6.07) is 5.28. The Labute approximate surface area is 74.8 Å². The van der Waals surface area contributed by atoms with Gasteiger partial charge >= 0.3 is 5.97 Å². The Morgan fingerprint density at radius 3 is 2.31 bits per heavy atom. The minimum Gasteiger partial charge on any atom is -0.478 e. The predicted octanol–water partition coefficient (Wildman–Crippen LogP) is 1.99. The molecule has 0 aliphatic heterocycles. The zero-order chi connectivity index (χ0) is 9.52. The maximum absolute atomic E-state index is 10.0. The normalized spacial score (nSPS) is 8.62. The largest absolute Gasteiger partial charge is 0.478 e. The van der Waals surface area contributed by atoms with Crippen LogP contribution in [-0.4, -0.2) is 16.1 Å². The molecule has 2 N–H and O–H groups in total. The van der Waals surface area contributed by atoms with Gasteiger partial charge in [0, 0.05) is 12.4 Å². The van der Waals surface area contributed by atoms with Gasteiger partial charge in [0.1, 0.15) is 6.26 Å². The number of carbonyl (C=O) groups is 1. The van der Waals surface area contributed by atoms with E-state index in [4.69, 9.17) is 5.11 Å². The first-order valence-corrected chi connectivity index (χ1v) is 3.64. The van der Waals surface area contributed by atoms with Gasteiger partial charge < -0.3 is 14.5 Å². The summed E-state index contributed by atoms with van der Waals surface area (Å²) in [5, 5.41) is 8.21. The van der Waals surface area contributed by atoms with Crippen molar-refractivity contribution in [3.8, 4) is 0 Å². The first-order valence-electron chi connectivity index (χ1n) is 3.64. The first-order chi connectivity index (χ1) is 6.30. The highest BCUT2D eigenvalue weighted by Gasteiger charge is 2.00. The summed E-state index contributed by atoms with van der Waals surface area (Å²) in [6.45, 7) is 0. The summed E-state index contributed by atoms with van der Waals surface area (Å²) in [4.78, 5) is 12.9. The van der Waals surface area contributed by atoms with E-state index in [2.05, 4.69) is 9.40 Å². The monoisotopic (exact) mass is 179 g/mol. The Balaban J connectivity index is 0.000000145. The lowest BCUT2D eigenvalue weighted by atomic mass is 10.4. The number of hydrogen-bond donors (Lipinski definition) is 2. The Hall–Kier alpha value is -1.97. The Bertz CT molecular complexity index is 306. The number of aromatic nitrogens is 1. The van der Waals surface area contributed by atoms with Crippen molar-refractivity contribution in [1.29, 1.82) is 0 Å². The van der Waals surface area contributed by atoms with Gasteiger partial charge in [-0.05, 0) is 18.2 Å². The Morgan fingerprint density at radius 2 is 2.08 bits per heavy atom. The molecule has 2 aromatic rings. The van der Waals surface area contributed by atoms with Crippen molar-refractivity contribution in [1.82, 2.24) is 4.98 Å². The van der Waals surface area contributed by atoms with E-state index in [9.17, 15) is 4.79 Å². The molecule has 0 fully saturated rings. The predicted molar refractivity (Wildman–Crippen MR) is 46.5 cm³/mol. The molecule has 0 saturated carbocycles. The number of rotatable bonds is 1. The second-order valence-electron chi connectivity index (χ2n) is 2.20. The SMILES string of the molecule is O=C(O)c1ccoc1.c1cc[nH]c1. The number of hydrogen-bond acceptors (Lipinski definition) is 2. The summed E-state index contributed by atoms with van der Waals surface area (Å²) in [5.74, 6) is -0.959. The van der Waals surface area contributed by atoms with Gasteiger partial charge in [-0.15, -0.1) is 0 Å². The quantitative estimate of drug-likeness (QED) is 0.703. The van der Waals surface area contributed by atoms with Crippen LogP contribution in [0.5, 0.6) is 0 Å². The first kappa shape index (κ1) is 9.12. The van der Waals surface area contributed by atoms with E-state index in [1.165, 1.54) is 18.6 Å². The van der Waals surface area contributed by atoms with Gasteiger partial charge in [0.05, 0.1) is 11.8 Å². The smallest absolute Gasteiger partial charge is 0.338 e. The van der Waals surface area contributed by atoms with Crippen molar-refractivity contribution in [2.75, 3.05) is 0 Å². The molecule has 2 rings (SSSR count). The maximum atomic E-state index is 10.0. The van der Waals surface area contributed by atoms with Gasteiger partial charge in [-0.2, -0.15) is 0 Å². The fourth-order valence-electron chi connectivity index (χ4n) is 0.664. The van der Waals surface area contributed by atoms with E-state index in [1.807, 2.05) is 24.5 Å². The van der Waals surface area contributed by atoms with E-state index in [0.29, 0.717) is 0 Å². The summed E-state index contributed by atoms with van der Waals surface area (Å²) >= 11 is 0. The van der Waals surface area contributed by atoms with Crippen molar-refractivity contribution in [3.05, 3.63) is 48.7 Å². The van der Waals surface area contributed by atoms with E-state index < -0.39 is 5.97 Å². The highest BCUT2D eigenvalue weighted by atomic mass is 16.4. The molecule has 0 spiro atoms. The molecular weight excluding hydrogens is 170 g/mol. The zero-order valence-corrected chi connectivity index (χ0v) is 6.81. The molecule has 0 aliphatic rings. The lowest BCUT2D eigenvalue weighted by molar-refractivity contribution is 0.0696. The van der Waals surface area contributed by atoms with Crippen molar-refractivity contribution < 1.29 is 14.3 Å². The van der Waals surface area contributed by atoms with E-state index >= 15 is 0 Å². The summed E-state index contributed by atoms with van der Waals surface area (Å²) < 4.78 is 4.49. The molecule has 0 bridgehead atoms. The van der Waals surface area contributed by atoms with Gasteiger partial charge in [-0.25, -0.2) is 4.79 Å². The van der Waals surface area contributed by atoms with Crippen molar-refractivity contribution >= 4 is 5.97 Å². The average Bonchev–Trinajstić information content (AvgIpc) is 2.82. The highest BCUT2D eigenvalue weighted by Crippen LogP contribution is 1.97. The maximum Gasteiger partial charge on any atom is 0.338 e. The molecule has 0 atom stereocenters. The fourth-order valence-corrected chi connectivity index (χ4v) is 0.664. The van der Waals surface area contributed by atoms with Crippen LogP contribution in [0, 0.1) is 0 Å². The molecule has 0 radical (unpaired) electrons. The highest BCUT2D eigenvalue weighted by molar-refractivity contribution is 5.86. The van der Waals surface area contributed by atoms with Crippen molar-refractivity contribution in [2.45, 2.75) is 0 Å². The molecule has 4 heteroatoms. The number of carboxylic acid groups (broad SMARTS) is 1. The van der Waals surface area contributed by atoms with Gasteiger partial charge in [0.2, 0.25) is 0 Å². The third-order valence-corrected chi connectivity index (χ3v) is 1.26. The van der Waals surface area contributed by atoms with Crippen LogP contribution >= 0.6 is 0 Å². The molecule has 2 aromatic heterocycles. The van der Waals surface area contributed by atoms with E-state index in [1.54, 1.807) is 0 Å². The average molecular weight is 179 g/mol. The molecule has 2 heterocycles. The zero-order valence-electron chi connectivity index (χ0n) is 6.81. The van der Waals surface area contributed by atoms with Crippen LogP contribution < -0.4 is 0 Å². The third-order valence-electron chi connectivity index (χ3n) is 1.26. The van der Waals surface area contributed by atoms with Gasteiger partial charge in [-0.1, -0.05) is 0 Å². The van der Waals surface area contributed by atoms with Crippen molar-refractivity contribution in [2.24, 2.45) is 0 Å². The van der Waals surface area contributed by atoms with Crippen LogP contribution in [0.1, 0.15) is 10.4 Å². The van der Waals surface area contributed by atoms with E-state index in [-0.39, 0.29) is 5.56 Å². The van der Waals surface area contributed by atoms with Crippen LogP contribution in [-0.2, 0) is 0 Å². The van der Waals surface area contributed by atoms with Crippen LogP contribution in [0.3, 0.4) is 0 Å². The lowest BCUT2D eigenvalue weighted by Crippen LogP contribution is -1.90. The third kappa shape index (κ3) is 3.29. The molecule has 0 unspecified atom stereocenters.